The van der Waals surface area contributed by atoms with E-state index in [-0.39, 0.29) is 0 Å². The zero-order valence-electron chi connectivity index (χ0n) is 11.7. The van der Waals surface area contributed by atoms with Crippen molar-refractivity contribution < 1.29 is 0 Å². The highest BCUT2D eigenvalue weighted by Crippen LogP contribution is 2.27. The lowest BCUT2D eigenvalue weighted by Crippen LogP contribution is -2.34. The van der Waals surface area contributed by atoms with E-state index >= 15 is 0 Å². The maximum absolute atomic E-state index is 4.25. The Morgan fingerprint density at radius 2 is 2.11 bits per heavy atom. The van der Waals surface area contributed by atoms with E-state index in [1.807, 2.05) is 24.3 Å². The molecule has 0 aliphatic heterocycles. The highest BCUT2D eigenvalue weighted by atomic mass is 32.2. The van der Waals surface area contributed by atoms with Gasteiger partial charge in [0.25, 0.3) is 0 Å². The van der Waals surface area contributed by atoms with Crippen LogP contribution in [0, 0.1) is 0 Å². The first-order valence-electron chi connectivity index (χ1n) is 6.97. The van der Waals surface area contributed by atoms with Gasteiger partial charge in [0.2, 0.25) is 0 Å². The molecule has 0 saturated heterocycles. The molecule has 0 unspecified atom stereocenters. The van der Waals surface area contributed by atoms with Gasteiger partial charge in [-0.05, 0) is 45.8 Å². The zero-order chi connectivity index (χ0) is 13.0. The van der Waals surface area contributed by atoms with Crippen LogP contribution in [0.4, 0.5) is 0 Å². The summed E-state index contributed by atoms with van der Waals surface area (Å²) in [6.07, 6.45) is 11.5. The molecule has 1 N–H and O–H groups in total. The average Bonchev–Trinajstić information content (AvgIpc) is 2.85. The minimum Gasteiger partial charge on any atom is -0.331 e. The molecule has 0 amide bonds. The summed E-state index contributed by atoms with van der Waals surface area (Å²) in [6, 6.07) is 1.19. The monoisotopic (exact) mass is 267 g/mol. The average molecular weight is 267 g/mol. The normalized spacial score (nSPS) is 24.7. The molecule has 1 fully saturated rings. The van der Waals surface area contributed by atoms with E-state index in [0.29, 0.717) is 12.1 Å². The quantitative estimate of drug-likeness (QED) is 0.888. The fourth-order valence-corrected chi connectivity index (χ4v) is 3.43. The molecule has 1 aliphatic carbocycles. The second kappa shape index (κ2) is 6.62. The van der Waals surface area contributed by atoms with Gasteiger partial charge in [-0.2, -0.15) is 11.8 Å². The van der Waals surface area contributed by atoms with Gasteiger partial charge in [-0.1, -0.05) is 0 Å². The lowest BCUT2D eigenvalue weighted by molar-refractivity contribution is 0.373. The predicted octanol–water partition coefficient (Wildman–Crippen LogP) is 3.23. The number of imidazole rings is 1. The molecule has 0 radical (unpaired) electrons. The number of thioether (sulfide) groups is 1. The van der Waals surface area contributed by atoms with Crippen molar-refractivity contribution in [3.8, 4) is 0 Å². The molecular formula is C14H25N3S. The van der Waals surface area contributed by atoms with Crippen LogP contribution in [0.15, 0.2) is 12.5 Å². The third-order valence-corrected chi connectivity index (χ3v) is 5.02. The summed E-state index contributed by atoms with van der Waals surface area (Å²) in [5.74, 6) is 0. The minimum absolute atomic E-state index is 0.497. The van der Waals surface area contributed by atoms with E-state index in [1.165, 1.54) is 31.4 Å². The summed E-state index contributed by atoms with van der Waals surface area (Å²) in [6.45, 7) is 5.36. The molecule has 0 atom stereocenters. The van der Waals surface area contributed by atoms with Crippen LogP contribution < -0.4 is 5.32 Å². The first-order valence-corrected chi connectivity index (χ1v) is 8.26. The van der Waals surface area contributed by atoms with Crippen molar-refractivity contribution in [3.05, 3.63) is 18.2 Å². The Balaban J connectivity index is 1.80. The summed E-state index contributed by atoms with van der Waals surface area (Å²) >= 11 is 2.03. The Kier molecular flexibility index (Phi) is 5.13. The van der Waals surface area contributed by atoms with Crippen LogP contribution in [-0.4, -0.2) is 27.1 Å². The molecule has 18 heavy (non-hydrogen) atoms. The second-order valence-electron chi connectivity index (χ2n) is 5.48. The number of nitrogens with zero attached hydrogens (tertiary/aromatic N) is 2. The molecule has 1 aliphatic rings. The van der Waals surface area contributed by atoms with Gasteiger partial charge in [0.15, 0.2) is 0 Å². The van der Waals surface area contributed by atoms with Crippen LogP contribution >= 0.6 is 11.8 Å². The lowest BCUT2D eigenvalue weighted by Gasteiger charge is -2.28. The Morgan fingerprint density at radius 3 is 2.72 bits per heavy atom. The molecule has 0 bridgehead atoms. The van der Waals surface area contributed by atoms with Crippen LogP contribution in [-0.2, 0) is 6.54 Å². The molecule has 1 heterocycles. The summed E-state index contributed by atoms with van der Waals surface area (Å²) in [5.41, 5.74) is 1.30. The Bertz CT molecular complexity index is 354. The molecular weight excluding hydrogens is 242 g/mol. The number of hydrogen-bond donors (Lipinski definition) is 1. The van der Waals surface area contributed by atoms with Crippen molar-refractivity contribution in [1.29, 1.82) is 0 Å². The number of hydrogen-bond acceptors (Lipinski definition) is 3. The molecule has 0 aromatic carbocycles. The van der Waals surface area contributed by atoms with Crippen molar-refractivity contribution >= 4 is 11.8 Å². The van der Waals surface area contributed by atoms with E-state index in [0.717, 1.165) is 11.8 Å². The SMILES string of the molecule is CSC1CCC(NCc2cncn2C(C)C)CC1. The van der Waals surface area contributed by atoms with Crippen molar-refractivity contribution in [2.24, 2.45) is 0 Å². The smallest absolute Gasteiger partial charge is 0.0951 e. The third kappa shape index (κ3) is 3.51. The van der Waals surface area contributed by atoms with Crippen molar-refractivity contribution in [2.75, 3.05) is 6.26 Å². The highest BCUT2D eigenvalue weighted by Gasteiger charge is 2.20. The van der Waals surface area contributed by atoms with Crippen molar-refractivity contribution in [3.63, 3.8) is 0 Å². The lowest BCUT2D eigenvalue weighted by atomic mass is 9.95. The van der Waals surface area contributed by atoms with Gasteiger partial charge < -0.3 is 9.88 Å². The van der Waals surface area contributed by atoms with E-state index in [9.17, 15) is 0 Å². The summed E-state index contributed by atoms with van der Waals surface area (Å²) < 4.78 is 2.25. The van der Waals surface area contributed by atoms with Gasteiger partial charge in [-0.25, -0.2) is 4.98 Å². The van der Waals surface area contributed by atoms with Gasteiger partial charge in [0.05, 0.1) is 12.0 Å². The van der Waals surface area contributed by atoms with E-state index in [4.69, 9.17) is 0 Å². The van der Waals surface area contributed by atoms with E-state index in [2.05, 4.69) is 35.0 Å². The zero-order valence-corrected chi connectivity index (χ0v) is 12.5. The van der Waals surface area contributed by atoms with Crippen LogP contribution in [0.2, 0.25) is 0 Å². The van der Waals surface area contributed by atoms with E-state index in [1.54, 1.807) is 0 Å². The Hall–Kier alpha value is -0.480. The highest BCUT2D eigenvalue weighted by molar-refractivity contribution is 7.99. The maximum Gasteiger partial charge on any atom is 0.0951 e. The van der Waals surface area contributed by atoms with Crippen LogP contribution in [0.3, 0.4) is 0 Å². The minimum atomic E-state index is 0.497. The van der Waals surface area contributed by atoms with Gasteiger partial charge in [0.1, 0.15) is 0 Å². The Morgan fingerprint density at radius 1 is 1.39 bits per heavy atom. The van der Waals surface area contributed by atoms with Crippen LogP contribution in [0.25, 0.3) is 0 Å². The molecule has 102 valence electrons. The predicted molar refractivity (Wildman–Crippen MR) is 79.0 cm³/mol. The number of aromatic nitrogens is 2. The van der Waals surface area contributed by atoms with Crippen molar-refractivity contribution in [1.82, 2.24) is 14.9 Å². The van der Waals surface area contributed by atoms with Gasteiger partial charge in [0, 0.05) is 30.1 Å². The van der Waals surface area contributed by atoms with E-state index < -0.39 is 0 Å². The third-order valence-electron chi connectivity index (χ3n) is 3.88. The van der Waals surface area contributed by atoms with Crippen LogP contribution in [0.5, 0.6) is 0 Å². The fraction of sp³-hybridized carbons (Fsp3) is 0.786. The first kappa shape index (κ1) is 13.9. The van der Waals surface area contributed by atoms with Gasteiger partial charge in [-0.3, -0.25) is 0 Å². The maximum atomic E-state index is 4.25. The summed E-state index contributed by atoms with van der Waals surface area (Å²) in [4.78, 5) is 4.25. The standard InChI is InChI=1S/C14H25N3S/c1-11(2)17-10-15-8-13(17)9-16-12-4-6-14(18-3)7-5-12/h8,10-12,14,16H,4-7,9H2,1-3H3. The second-order valence-corrected chi connectivity index (χ2v) is 6.61. The molecule has 1 aromatic rings. The number of nitrogens with one attached hydrogen (secondary N) is 1. The molecule has 0 spiro atoms. The van der Waals surface area contributed by atoms with Gasteiger partial charge in [-0.15, -0.1) is 0 Å². The van der Waals surface area contributed by atoms with Crippen LogP contribution in [0.1, 0.15) is 51.3 Å². The number of rotatable bonds is 5. The molecule has 4 heteroatoms. The summed E-state index contributed by atoms with van der Waals surface area (Å²) in [5, 5.41) is 4.59. The van der Waals surface area contributed by atoms with Crippen molar-refractivity contribution in [2.45, 2.75) is 63.4 Å². The molecule has 2 rings (SSSR count). The molecule has 1 saturated carbocycles. The Labute approximate surface area is 115 Å². The van der Waals surface area contributed by atoms with Gasteiger partial charge >= 0.3 is 0 Å². The fourth-order valence-electron chi connectivity index (χ4n) is 2.69. The molecule has 3 nitrogen and oxygen atoms in total. The molecule has 1 aromatic heterocycles. The first-order chi connectivity index (χ1) is 8.70. The summed E-state index contributed by atoms with van der Waals surface area (Å²) in [7, 11) is 0. The topological polar surface area (TPSA) is 29.9 Å². The largest absolute Gasteiger partial charge is 0.331 e.